The minimum Gasteiger partial charge on any atom is -0.465 e. The number of nitrogen functional groups attached to an aromatic ring is 1. The summed E-state index contributed by atoms with van der Waals surface area (Å²) < 4.78 is 4.54. The Hall–Kier alpha value is -2.02. The first-order chi connectivity index (χ1) is 6.60. The number of carbonyl (C=O) groups is 1. The summed E-state index contributed by atoms with van der Waals surface area (Å²) in [7, 11) is 1.27. The second-order valence-electron chi connectivity index (χ2n) is 2.88. The fourth-order valence-electron chi connectivity index (χ4n) is 1.21. The third-order valence-electron chi connectivity index (χ3n) is 1.83. The van der Waals surface area contributed by atoms with Crippen LogP contribution >= 0.6 is 0 Å². The number of hydrogen-bond donors (Lipinski definition) is 1. The number of methoxy groups -OCH3 is 1. The predicted octanol–water partition coefficient (Wildman–Crippen LogP) is 1.24. The van der Waals surface area contributed by atoms with Gasteiger partial charge < -0.3 is 10.5 Å². The van der Waals surface area contributed by atoms with Crippen molar-refractivity contribution >= 4 is 11.7 Å². The molecule has 0 saturated heterocycles. The zero-order valence-electron chi connectivity index (χ0n) is 8.00. The summed E-state index contributed by atoms with van der Waals surface area (Å²) in [5, 5.41) is 8.80. The Bertz CT molecular complexity index is 419. The average molecular weight is 190 g/mol. The maximum Gasteiger partial charge on any atom is 0.339 e. The molecule has 14 heavy (non-hydrogen) atoms. The number of esters is 1. The highest BCUT2D eigenvalue weighted by atomic mass is 16.5. The maximum absolute atomic E-state index is 11.3. The lowest BCUT2D eigenvalue weighted by Crippen LogP contribution is -2.07. The molecule has 0 heterocycles. The van der Waals surface area contributed by atoms with Gasteiger partial charge >= 0.3 is 5.97 Å². The molecule has 0 fully saturated rings. The third-order valence-corrected chi connectivity index (χ3v) is 1.83. The predicted molar refractivity (Wildman–Crippen MR) is 51.6 cm³/mol. The standard InChI is InChI=1S/C10H10N2O2/c1-6-3-7(10(13)14-2)8(5-11)9(12)4-6/h3-4H,12H2,1-2H3. The summed E-state index contributed by atoms with van der Waals surface area (Å²) in [6.45, 7) is 1.80. The van der Waals surface area contributed by atoms with Crippen molar-refractivity contribution in [3.05, 3.63) is 28.8 Å². The van der Waals surface area contributed by atoms with Gasteiger partial charge in [0, 0.05) is 0 Å². The largest absolute Gasteiger partial charge is 0.465 e. The average Bonchev–Trinajstić information content (AvgIpc) is 2.15. The van der Waals surface area contributed by atoms with Gasteiger partial charge in [0.05, 0.1) is 23.9 Å². The van der Waals surface area contributed by atoms with Gasteiger partial charge in [-0.1, -0.05) is 0 Å². The minimum atomic E-state index is -0.544. The van der Waals surface area contributed by atoms with Gasteiger partial charge in [0.25, 0.3) is 0 Å². The van der Waals surface area contributed by atoms with Crippen LogP contribution in [0.4, 0.5) is 5.69 Å². The van der Waals surface area contributed by atoms with E-state index in [2.05, 4.69) is 4.74 Å². The van der Waals surface area contributed by atoms with Gasteiger partial charge in [0.1, 0.15) is 6.07 Å². The van der Waals surface area contributed by atoms with Crippen LogP contribution in [0.1, 0.15) is 21.5 Å². The van der Waals surface area contributed by atoms with Crippen molar-refractivity contribution in [3.63, 3.8) is 0 Å². The van der Waals surface area contributed by atoms with E-state index in [1.807, 2.05) is 6.07 Å². The monoisotopic (exact) mass is 190 g/mol. The molecule has 0 spiro atoms. The van der Waals surface area contributed by atoms with Crippen LogP contribution in [0.3, 0.4) is 0 Å². The van der Waals surface area contributed by atoms with Crippen LogP contribution in [-0.2, 0) is 4.74 Å². The highest BCUT2D eigenvalue weighted by Crippen LogP contribution is 2.19. The first-order valence-corrected chi connectivity index (χ1v) is 3.98. The van der Waals surface area contributed by atoms with Crippen LogP contribution < -0.4 is 5.73 Å². The van der Waals surface area contributed by atoms with E-state index in [1.54, 1.807) is 19.1 Å². The summed E-state index contributed by atoms with van der Waals surface area (Å²) in [6.07, 6.45) is 0. The summed E-state index contributed by atoms with van der Waals surface area (Å²) in [5.41, 5.74) is 7.10. The summed E-state index contributed by atoms with van der Waals surface area (Å²) in [4.78, 5) is 11.3. The second-order valence-corrected chi connectivity index (χ2v) is 2.88. The smallest absolute Gasteiger partial charge is 0.339 e. The Morgan fingerprint density at radius 2 is 2.21 bits per heavy atom. The van der Waals surface area contributed by atoms with Crippen LogP contribution in [0.5, 0.6) is 0 Å². The van der Waals surface area contributed by atoms with Crippen molar-refractivity contribution in [2.45, 2.75) is 6.92 Å². The van der Waals surface area contributed by atoms with Crippen molar-refractivity contribution in [3.8, 4) is 6.07 Å². The molecule has 1 rings (SSSR count). The van der Waals surface area contributed by atoms with E-state index in [0.717, 1.165) is 5.56 Å². The molecule has 0 atom stereocenters. The first-order valence-electron chi connectivity index (χ1n) is 3.98. The lowest BCUT2D eigenvalue weighted by atomic mass is 10.0. The Morgan fingerprint density at radius 1 is 1.57 bits per heavy atom. The zero-order valence-corrected chi connectivity index (χ0v) is 8.00. The van der Waals surface area contributed by atoms with Crippen LogP contribution in [0.15, 0.2) is 12.1 Å². The molecule has 0 amide bonds. The zero-order chi connectivity index (χ0) is 10.7. The summed E-state index contributed by atoms with van der Waals surface area (Å²) in [5.74, 6) is -0.544. The van der Waals surface area contributed by atoms with Crippen molar-refractivity contribution < 1.29 is 9.53 Å². The molecule has 2 N–H and O–H groups in total. The molecule has 0 radical (unpaired) electrons. The van der Waals surface area contributed by atoms with Gasteiger partial charge in [-0.25, -0.2) is 4.79 Å². The first kappa shape index (κ1) is 10.1. The highest BCUT2D eigenvalue weighted by Gasteiger charge is 2.14. The number of nitrogens with zero attached hydrogens (tertiary/aromatic N) is 1. The van der Waals surface area contributed by atoms with Gasteiger partial charge in [-0.3, -0.25) is 0 Å². The molecule has 0 aliphatic rings. The molecule has 0 unspecified atom stereocenters. The molecule has 1 aromatic rings. The van der Waals surface area contributed by atoms with Crippen molar-refractivity contribution in [1.82, 2.24) is 0 Å². The lowest BCUT2D eigenvalue weighted by molar-refractivity contribution is 0.0600. The minimum absolute atomic E-state index is 0.169. The molecule has 0 bridgehead atoms. The number of hydrogen-bond acceptors (Lipinski definition) is 4. The van der Waals surface area contributed by atoms with Gasteiger partial charge in [-0.05, 0) is 24.6 Å². The van der Waals surface area contributed by atoms with Gasteiger partial charge in [-0.2, -0.15) is 5.26 Å². The maximum atomic E-state index is 11.3. The molecular weight excluding hydrogens is 180 g/mol. The van der Waals surface area contributed by atoms with Gasteiger partial charge in [0.2, 0.25) is 0 Å². The van der Waals surface area contributed by atoms with Crippen molar-refractivity contribution in [2.75, 3.05) is 12.8 Å². The number of ether oxygens (including phenoxy) is 1. The van der Waals surface area contributed by atoms with E-state index in [1.165, 1.54) is 7.11 Å². The van der Waals surface area contributed by atoms with Crippen molar-refractivity contribution in [1.29, 1.82) is 5.26 Å². The van der Waals surface area contributed by atoms with Crippen LogP contribution in [0.2, 0.25) is 0 Å². The summed E-state index contributed by atoms with van der Waals surface area (Å²) in [6, 6.07) is 5.11. The molecule has 4 heteroatoms. The topological polar surface area (TPSA) is 76.1 Å². The molecule has 72 valence electrons. The fourth-order valence-corrected chi connectivity index (χ4v) is 1.21. The Labute approximate surface area is 81.9 Å². The SMILES string of the molecule is COC(=O)c1cc(C)cc(N)c1C#N. The molecular formula is C10H10N2O2. The number of rotatable bonds is 1. The fraction of sp³-hybridized carbons (Fsp3) is 0.200. The number of nitriles is 1. The Morgan fingerprint density at radius 3 is 2.71 bits per heavy atom. The number of carbonyl (C=O) groups excluding carboxylic acids is 1. The molecule has 0 aliphatic carbocycles. The normalized spacial score (nSPS) is 9.21. The quantitative estimate of drug-likeness (QED) is 0.533. The van der Waals surface area contributed by atoms with E-state index < -0.39 is 5.97 Å². The molecule has 1 aromatic carbocycles. The van der Waals surface area contributed by atoms with Crippen LogP contribution in [-0.4, -0.2) is 13.1 Å². The highest BCUT2D eigenvalue weighted by molar-refractivity contribution is 5.94. The van der Waals surface area contributed by atoms with Gasteiger partial charge in [-0.15, -0.1) is 0 Å². The molecule has 0 aliphatic heterocycles. The summed E-state index contributed by atoms with van der Waals surface area (Å²) >= 11 is 0. The number of benzene rings is 1. The van der Waals surface area contributed by atoms with Crippen LogP contribution in [0, 0.1) is 18.3 Å². The Balaban J connectivity index is 3.41. The van der Waals surface area contributed by atoms with E-state index in [0.29, 0.717) is 5.69 Å². The number of anilines is 1. The van der Waals surface area contributed by atoms with E-state index >= 15 is 0 Å². The number of nitrogens with two attached hydrogens (primary N) is 1. The van der Waals surface area contributed by atoms with Crippen LogP contribution in [0.25, 0.3) is 0 Å². The number of aryl methyl sites for hydroxylation is 1. The molecule has 0 aromatic heterocycles. The second kappa shape index (κ2) is 3.79. The Kier molecular flexibility index (Phi) is 2.73. The van der Waals surface area contributed by atoms with Crippen molar-refractivity contribution in [2.24, 2.45) is 0 Å². The molecule has 4 nitrogen and oxygen atoms in total. The lowest BCUT2D eigenvalue weighted by Gasteiger charge is -2.05. The van der Waals surface area contributed by atoms with E-state index in [4.69, 9.17) is 11.0 Å². The molecule has 0 saturated carbocycles. The van der Waals surface area contributed by atoms with E-state index in [9.17, 15) is 4.79 Å². The van der Waals surface area contributed by atoms with E-state index in [-0.39, 0.29) is 11.1 Å². The third kappa shape index (κ3) is 1.67. The van der Waals surface area contributed by atoms with Gasteiger partial charge in [0.15, 0.2) is 0 Å².